The number of hydrogen-bond donors (Lipinski definition) is 0. The number of nitroso groups, excluding NO2 is 2. The largest absolute Gasteiger partial charge is 0.150 e. The Kier molecular flexibility index (Phi) is 3.25. The minimum absolute atomic E-state index is 0.146. The van der Waals surface area contributed by atoms with Crippen LogP contribution in [0.1, 0.15) is 16.7 Å². The summed E-state index contributed by atoms with van der Waals surface area (Å²) in [6, 6.07) is 5.52. The molecule has 0 amide bonds. The van der Waals surface area contributed by atoms with Gasteiger partial charge in [0.15, 0.2) is 0 Å². The molecule has 0 unspecified atom stereocenters. The van der Waals surface area contributed by atoms with Crippen LogP contribution in [-0.2, 0) is 13.1 Å². The van der Waals surface area contributed by atoms with Gasteiger partial charge in [-0.25, -0.2) is 0 Å². The normalized spacial score (nSPS) is 9.62. The number of benzene rings is 1. The van der Waals surface area contributed by atoms with Crippen molar-refractivity contribution in [1.82, 2.24) is 0 Å². The van der Waals surface area contributed by atoms with E-state index in [4.69, 9.17) is 0 Å². The minimum atomic E-state index is 0.146. The molecule has 0 saturated carbocycles. The summed E-state index contributed by atoms with van der Waals surface area (Å²) in [5.41, 5.74) is 2.67. The molecule has 68 valence electrons. The lowest BCUT2D eigenvalue weighted by atomic mass is 10.1. The van der Waals surface area contributed by atoms with Gasteiger partial charge < -0.3 is 0 Å². The fraction of sp³-hybridized carbons (Fsp3) is 0.333. The number of aryl methyl sites for hydroxylation is 1. The molecule has 4 nitrogen and oxygen atoms in total. The van der Waals surface area contributed by atoms with Crippen molar-refractivity contribution >= 4 is 0 Å². The molecule has 0 saturated heterocycles. The van der Waals surface area contributed by atoms with Crippen LogP contribution >= 0.6 is 0 Å². The van der Waals surface area contributed by atoms with E-state index in [1.807, 2.05) is 19.1 Å². The maximum Gasteiger partial charge on any atom is 0.106 e. The lowest BCUT2D eigenvalue weighted by Crippen LogP contribution is -1.88. The Morgan fingerprint density at radius 1 is 1.00 bits per heavy atom. The maximum atomic E-state index is 10.0. The highest BCUT2D eigenvalue weighted by Crippen LogP contribution is 2.11. The van der Waals surface area contributed by atoms with Crippen LogP contribution in [0.4, 0.5) is 0 Å². The number of rotatable bonds is 4. The van der Waals surface area contributed by atoms with E-state index in [1.165, 1.54) is 0 Å². The van der Waals surface area contributed by atoms with Gasteiger partial charge in [-0.2, -0.15) is 9.81 Å². The molecule has 0 aliphatic carbocycles. The highest BCUT2D eigenvalue weighted by atomic mass is 16.3. The molecule has 0 heterocycles. The van der Waals surface area contributed by atoms with Gasteiger partial charge in [-0.3, -0.25) is 0 Å². The van der Waals surface area contributed by atoms with Gasteiger partial charge in [0.2, 0.25) is 0 Å². The van der Waals surface area contributed by atoms with E-state index in [0.29, 0.717) is 0 Å². The van der Waals surface area contributed by atoms with Gasteiger partial charge in [0.25, 0.3) is 0 Å². The molecule has 0 aliphatic rings. The molecule has 0 aliphatic heterocycles. The van der Waals surface area contributed by atoms with Crippen molar-refractivity contribution in [1.29, 1.82) is 0 Å². The first-order valence-electron chi connectivity index (χ1n) is 3.94. The first kappa shape index (κ1) is 9.51. The van der Waals surface area contributed by atoms with Crippen LogP contribution in [0.15, 0.2) is 28.6 Å². The average Bonchev–Trinajstić information content (AvgIpc) is 2.04. The van der Waals surface area contributed by atoms with Crippen molar-refractivity contribution in [3.8, 4) is 0 Å². The van der Waals surface area contributed by atoms with Gasteiger partial charge in [0.1, 0.15) is 13.1 Å². The van der Waals surface area contributed by atoms with Crippen molar-refractivity contribution in [2.45, 2.75) is 20.0 Å². The summed E-state index contributed by atoms with van der Waals surface area (Å²) >= 11 is 0. The second kappa shape index (κ2) is 4.45. The number of hydrogen-bond acceptors (Lipinski definition) is 4. The third kappa shape index (κ3) is 2.74. The van der Waals surface area contributed by atoms with Crippen LogP contribution in [0.3, 0.4) is 0 Å². The van der Waals surface area contributed by atoms with E-state index in [2.05, 4.69) is 10.4 Å². The Morgan fingerprint density at radius 2 is 1.46 bits per heavy atom. The fourth-order valence-corrected chi connectivity index (χ4v) is 1.28. The Labute approximate surface area is 75.9 Å². The summed E-state index contributed by atoms with van der Waals surface area (Å²) < 4.78 is 0. The van der Waals surface area contributed by atoms with Crippen LogP contribution in [0.5, 0.6) is 0 Å². The monoisotopic (exact) mass is 178 g/mol. The predicted molar refractivity (Wildman–Crippen MR) is 50.2 cm³/mol. The summed E-state index contributed by atoms with van der Waals surface area (Å²) in [5.74, 6) is 0. The van der Waals surface area contributed by atoms with Gasteiger partial charge >= 0.3 is 0 Å². The molecular weight excluding hydrogens is 168 g/mol. The van der Waals surface area contributed by atoms with E-state index in [9.17, 15) is 9.81 Å². The van der Waals surface area contributed by atoms with E-state index >= 15 is 0 Å². The second-order valence-electron chi connectivity index (χ2n) is 2.90. The molecule has 1 aromatic rings. The zero-order chi connectivity index (χ0) is 9.68. The maximum absolute atomic E-state index is 10.0. The molecule has 1 rings (SSSR count). The molecule has 0 fully saturated rings. The SMILES string of the molecule is Cc1cc(CN=O)cc(CN=O)c1. The molecule has 0 aromatic heterocycles. The van der Waals surface area contributed by atoms with Crippen LogP contribution in [0.2, 0.25) is 0 Å². The molecule has 13 heavy (non-hydrogen) atoms. The van der Waals surface area contributed by atoms with Crippen LogP contribution < -0.4 is 0 Å². The molecule has 0 N–H and O–H groups in total. The second-order valence-corrected chi connectivity index (χ2v) is 2.90. The molecule has 0 bridgehead atoms. The predicted octanol–water partition coefficient (Wildman–Crippen LogP) is 2.53. The zero-order valence-corrected chi connectivity index (χ0v) is 7.36. The minimum Gasteiger partial charge on any atom is -0.150 e. The Morgan fingerprint density at radius 3 is 1.85 bits per heavy atom. The van der Waals surface area contributed by atoms with Gasteiger partial charge in [-0.1, -0.05) is 34.1 Å². The molecular formula is C9H10N2O2. The van der Waals surface area contributed by atoms with Crippen molar-refractivity contribution in [3.05, 3.63) is 44.7 Å². The van der Waals surface area contributed by atoms with E-state index in [0.717, 1.165) is 16.7 Å². The van der Waals surface area contributed by atoms with Crippen molar-refractivity contribution in [2.75, 3.05) is 0 Å². The van der Waals surface area contributed by atoms with Crippen LogP contribution in [0, 0.1) is 16.7 Å². The van der Waals surface area contributed by atoms with E-state index < -0.39 is 0 Å². The highest BCUT2D eigenvalue weighted by molar-refractivity contribution is 5.29. The zero-order valence-electron chi connectivity index (χ0n) is 7.36. The number of nitrogens with zero attached hydrogens (tertiary/aromatic N) is 2. The third-order valence-corrected chi connectivity index (χ3v) is 1.69. The Hall–Kier alpha value is -1.58. The van der Waals surface area contributed by atoms with Crippen molar-refractivity contribution < 1.29 is 0 Å². The molecule has 1 aromatic carbocycles. The summed E-state index contributed by atoms with van der Waals surface area (Å²) in [7, 11) is 0. The molecule has 0 atom stereocenters. The van der Waals surface area contributed by atoms with Gasteiger partial charge in [-0.15, -0.1) is 0 Å². The van der Waals surface area contributed by atoms with Crippen molar-refractivity contribution in [2.24, 2.45) is 10.4 Å². The molecule has 0 radical (unpaired) electrons. The van der Waals surface area contributed by atoms with Gasteiger partial charge in [-0.05, 0) is 18.1 Å². The van der Waals surface area contributed by atoms with Crippen molar-refractivity contribution in [3.63, 3.8) is 0 Å². The summed E-state index contributed by atoms with van der Waals surface area (Å²) in [4.78, 5) is 20.0. The third-order valence-electron chi connectivity index (χ3n) is 1.69. The first-order chi connectivity index (χ1) is 6.26. The first-order valence-corrected chi connectivity index (χ1v) is 3.94. The average molecular weight is 178 g/mol. The summed E-state index contributed by atoms with van der Waals surface area (Å²) in [6.45, 7) is 2.20. The van der Waals surface area contributed by atoms with Crippen LogP contribution in [-0.4, -0.2) is 0 Å². The van der Waals surface area contributed by atoms with Gasteiger partial charge in [0, 0.05) is 0 Å². The lowest BCUT2D eigenvalue weighted by molar-refractivity contribution is 1.01. The smallest absolute Gasteiger partial charge is 0.106 e. The Balaban J connectivity index is 2.95. The Bertz CT molecular complexity index is 295. The lowest BCUT2D eigenvalue weighted by Gasteiger charge is -2.01. The summed E-state index contributed by atoms with van der Waals surface area (Å²) in [5, 5.41) is 5.58. The topological polar surface area (TPSA) is 58.9 Å². The standard InChI is InChI=1S/C9H10N2O2/c1-7-2-8(5-10-12)4-9(3-7)6-11-13/h2-4H,5-6H2,1H3. The van der Waals surface area contributed by atoms with E-state index in [-0.39, 0.29) is 13.1 Å². The fourth-order valence-electron chi connectivity index (χ4n) is 1.28. The van der Waals surface area contributed by atoms with E-state index in [1.54, 1.807) is 6.07 Å². The van der Waals surface area contributed by atoms with Crippen LogP contribution in [0.25, 0.3) is 0 Å². The quantitative estimate of drug-likeness (QED) is 0.665. The highest BCUT2D eigenvalue weighted by Gasteiger charge is 1.98. The molecule has 0 spiro atoms. The molecule has 4 heteroatoms. The summed E-state index contributed by atoms with van der Waals surface area (Å²) in [6.07, 6.45) is 0. The van der Waals surface area contributed by atoms with Gasteiger partial charge in [0.05, 0.1) is 0 Å².